The Balaban J connectivity index is 1.65. The molecule has 3 heterocycles. The number of aromatic nitrogens is 2. The molecule has 3 aromatic rings. The number of fused-ring (bicyclic) bond motifs is 2. The quantitative estimate of drug-likeness (QED) is 0.808. The third kappa shape index (κ3) is 2.27. The standard InChI is InChI=1S/C16H18N4S/c17-9-15-13(12-3-1-2-4-14(12)21-15)10-19-7-8-20-6-5-18-16(20)11-19/h1-6H,7-11,17H2. The van der Waals surface area contributed by atoms with Gasteiger partial charge in [0.2, 0.25) is 0 Å². The second-order valence-electron chi connectivity index (χ2n) is 5.45. The van der Waals surface area contributed by atoms with Crippen LogP contribution in [0.3, 0.4) is 0 Å². The summed E-state index contributed by atoms with van der Waals surface area (Å²) in [4.78, 5) is 8.22. The first-order chi connectivity index (χ1) is 10.3. The first-order valence-corrected chi connectivity index (χ1v) is 8.08. The number of hydrogen-bond acceptors (Lipinski definition) is 4. The van der Waals surface area contributed by atoms with Crippen LogP contribution in [0.1, 0.15) is 16.3 Å². The molecule has 0 atom stereocenters. The van der Waals surface area contributed by atoms with Gasteiger partial charge in [-0.25, -0.2) is 4.98 Å². The highest BCUT2D eigenvalue weighted by molar-refractivity contribution is 7.19. The molecule has 0 bridgehead atoms. The fourth-order valence-electron chi connectivity index (χ4n) is 3.07. The fraction of sp³-hybridized carbons (Fsp3) is 0.312. The minimum atomic E-state index is 0.622. The molecule has 0 saturated carbocycles. The molecule has 4 rings (SSSR count). The van der Waals surface area contributed by atoms with Gasteiger partial charge in [0.05, 0.1) is 6.54 Å². The first-order valence-electron chi connectivity index (χ1n) is 7.27. The third-order valence-electron chi connectivity index (χ3n) is 4.17. The van der Waals surface area contributed by atoms with Crippen LogP contribution in [0, 0.1) is 0 Å². The predicted octanol–water partition coefficient (Wildman–Crippen LogP) is 2.57. The highest BCUT2D eigenvalue weighted by Gasteiger charge is 2.19. The molecule has 1 aliphatic rings. The van der Waals surface area contributed by atoms with Crippen LogP contribution in [0.5, 0.6) is 0 Å². The maximum Gasteiger partial charge on any atom is 0.122 e. The summed E-state index contributed by atoms with van der Waals surface area (Å²) in [6.07, 6.45) is 3.96. The Labute approximate surface area is 127 Å². The van der Waals surface area contributed by atoms with E-state index < -0.39 is 0 Å². The lowest BCUT2D eigenvalue weighted by Gasteiger charge is -2.27. The molecule has 0 aliphatic carbocycles. The largest absolute Gasteiger partial charge is 0.333 e. The fourth-order valence-corrected chi connectivity index (χ4v) is 4.16. The van der Waals surface area contributed by atoms with Gasteiger partial charge in [0, 0.05) is 48.1 Å². The van der Waals surface area contributed by atoms with E-state index in [1.807, 2.05) is 17.5 Å². The van der Waals surface area contributed by atoms with Gasteiger partial charge in [0.25, 0.3) is 0 Å². The summed E-state index contributed by atoms with van der Waals surface area (Å²) in [6, 6.07) is 8.61. The zero-order valence-corrected chi connectivity index (χ0v) is 12.6. The van der Waals surface area contributed by atoms with Crippen molar-refractivity contribution < 1.29 is 0 Å². The molecular formula is C16H18N4S. The number of rotatable bonds is 3. The van der Waals surface area contributed by atoms with Crippen molar-refractivity contribution in [3.8, 4) is 0 Å². The Bertz CT molecular complexity index is 774. The SMILES string of the molecule is NCc1sc2ccccc2c1CN1CCn2ccnc2C1. The first kappa shape index (κ1) is 13.0. The van der Waals surface area contributed by atoms with Crippen molar-refractivity contribution in [2.24, 2.45) is 5.73 Å². The minimum absolute atomic E-state index is 0.622. The van der Waals surface area contributed by atoms with Crippen molar-refractivity contribution in [2.45, 2.75) is 26.2 Å². The maximum absolute atomic E-state index is 5.96. The molecule has 0 amide bonds. The highest BCUT2D eigenvalue weighted by atomic mass is 32.1. The van der Waals surface area contributed by atoms with Gasteiger partial charge in [-0.3, -0.25) is 4.90 Å². The van der Waals surface area contributed by atoms with E-state index in [0.29, 0.717) is 6.54 Å². The molecule has 4 nitrogen and oxygen atoms in total. The van der Waals surface area contributed by atoms with Crippen molar-refractivity contribution in [2.75, 3.05) is 6.54 Å². The lowest BCUT2D eigenvalue weighted by atomic mass is 10.1. The van der Waals surface area contributed by atoms with Gasteiger partial charge in [0.1, 0.15) is 5.82 Å². The molecule has 0 saturated heterocycles. The van der Waals surface area contributed by atoms with Crippen LogP contribution in [0.15, 0.2) is 36.7 Å². The van der Waals surface area contributed by atoms with Crippen LogP contribution in [0.4, 0.5) is 0 Å². The second-order valence-corrected chi connectivity index (χ2v) is 6.59. The van der Waals surface area contributed by atoms with Crippen LogP contribution < -0.4 is 5.73 Å². The van der Waals surface area contributed by atoms with Gasteiger partial charge < -0.3 is 10.3 Å². The molecule has 0 fully saturated rings. The summed E-state index contributed by atoms with van der Waals surface area (Å²) in [5.41, 5.74) is 7.36. The van der Waals surface area contributed by atoms with Crippen molar-refractivity contribution in [3.63, 3.8) is 0 Å². The van der Waals surface area contributed by atoms with Crippen LogP contribution in [0.25, 0.3) is 10.1 Å². The predicted molar refractivity (Wildman–Crippen MR) is 86.1 cm³/mol. The van der Waals surface area contributed by atoms with Crippen LogP contribution >= 0.6 is 11.3 Å². The van der Waals surface area contributed by atoms with Crippen molar-refractivity contribution in [1.29, 1.82) is 0 Å². The molecule has 0 radical (unpaired) electrons. The van der Waals surface area contributed by atoms with Gasteiger partial charge in [-0.2, -0.15) is 0 Å². The van der Waals surface area contributed by atoms with Crippen molar-refractivity contribution >= 4 is 21.4 Å². The van der Waals surface area contributed by atoms with Gasteiger partial charge in [-0.1, -0.05) is 18.2 Å². The maximum atomic E-state index is 5.96. The Kier molecular flexibility index (Phi) is 3.25. The monoisotopic (exact) mass is 298 g/mol. The van der Waals surface area contributed by atoms with Gasteiger partial charge >= 0.3 is 0 Å². The molecule has 1 aliphatic heterocycles. The Morgan fingerprint density at radius 3 is 3.05 bits per heavy atom. The van der Waals surface area contributed by atoms with E-state index in [9.17, 15) is 0 Å². The number of hydrogen-bond donors (Lipinski definition) is 1. The van der Waals surface area contributed by atoms with E-state index in [4.69, 9.17) is 5.73 Å². The third-order valence-corrected chi connectivity index (χ3v) is 5.41. The molecule has 0 unspecified atom stereocenters. The molecule has 108 valence electrons. The summed E-state index contributed by atoms with van der Waals surface area (Å²) < 4.78 is 3.58. The Hall–Kier alpha value is -1.69. The topological polar surface area (TPSA) is 47.1 Å². The Morgan fingerprint density at radius 1 is 1.24 bits per heavy atom. The lowest BCUT2D eigenvalue weighted by Crippen LogP contribution is -2.33. The molecule has 21 heavy (non-hydrogen) atoms. The second kappa shape index (κ2) is 5.26. The van der Waals surface area contributed by atoms with E-state index in [2.05, 4.69) is 44.9 Å². The number of nitrogens with zero attached hydrogens (tertiary/aromatic N) is 3. The van der Waals surface area contributed by atoms with E-state index in [1.54, 1.807) is 0 Å². The molecule has 1 aromatic carbocycles. The van der Waals surface area contributed by atoms with Crippen molar-refractivity contribution in [1.82, 2.24) is 14.5 Å². The Morgan fingerprint density at radius 2 is 2.14 bits per heavy atom. The van der Waals surface area contributed by atoms with Crippen LogP contribution in [-0.2, 0) is 26.2 Å². The molecule has 0 spiro atoms. The number of benzene rings is 1. The average molecular weight is 298 g/mol. The summed E-state index contributed by atoms with van der Waals surface area (Å²) in [7, 11) is 0. The summed E-state index contributed by atoms with van der Waals surface area (Å²) in [5.74, 6) is 1.16. The normalized spacial score (nSPS) is 15.5. The number of imidazole rings is 1. The molecule has 2 N–H and O–H groups in total. The van der Waals surface area contributed by atoms with Gasteiger partial charge in [0.15, 0.2) is 0 Å². The zero-order chi connectivity index (χ0) is 14.2. The van der Waals surface area contributed by atoms with Crippen molar-refractivity contribution in [3.05, 3.63) is 52.9 Å². The highest BCUT2D eigenvalue weighted by Crippen LogP contribution is 2.32. The zero-order valence-electron chi connectivity index (χ0n) is 11.8. The molecule has 5 heteroatoms. The smallest absolute Gasteiger partial charge is 0.122 e. The van der Waals surface area contributed by atoms with Crippen LogP contribution in [-0.4, -0.2) is 21.0 Å². The number of thiophene rings is 1. The van der Waals surface area contributed by atoms with Gasteiger partial charge in [-0.15, -0.1) is 11.3 Å². The van der Waals surface area contributed by atoms with E-state index in [-0.39, 0.29) is 0 Å². The van der Waals surface area contributed by atoms with E-state index in [0.717, 1.165) is 32.0 Å². The number of nitrogens with two attached hydrogens (primary N) is 1. The lowest BCUT2D eigenvalue weighted by molar-refractivity contribution is 0.209. The van der Waals surface area contributed by atoms with Crippen LogP contribution in [0.2, 0.25) is 0 Å². The van der Waals surface area contributed by atoms with E-state index >= 15 is 0 Å². The summed E-state index contributed by atoms with van der Waals surface area (Å²) >= 11 is 1.83. The molecular weight excluding hydrogens is 280 g/mol. The molecule has 2 aromatic heterocycles. The van der Waals surface area contributed by atoms with E-state index in [1.165, 1.54) is 20.5 Å². The van der Waals surface area contributed by atoms with Gasteiger partial charge in [-0.05, 0) is 17.0 Å². The minimum Gasteiger partial charge on any atom is -0.333 e. The average Bonchev–Trinajstić information content (AvgIpc) is 3.11. The summed E-state index contributed by atoms with van der Waals surface area (Å²) in [6.45, 7) is 4.59. The summed E-state index contributed by atoms with van der Waals surface area (Å²) in [5, 5.41) is 1.36.